The van der Waals surface area contributed by atoms with E-state index in [2.05, 4.69) is 21.7 Å². The van der Waals surface area contributed by atoms with Gasteiger partial charge in [0.15, 0.2) is 5.96 Å². The highest BCUT2D eigenvalue weighted by atomic mass is 127. The Morgan fingerprint density at radius 2 is 2.00 bits per heavy atom. The minimum atomic E-state index is -0.647. The highest BCUT2D eigenvalue weighted by Gasteiger charge is 2.09. The molecule has 158 valence electrons. The maximum atomic E-state index is 10.4. The van der Waals surface area contributed by atoms with Crippen molar-refractivity contribution in [1.82, 2.24) is 10.6 Å². The van der Waals surface area contributed by atoms with Crippen molar-refractivity contribution in [2.24, 2.45) is 4.99 Å². The molecule has 7 heteroatoms. The van der Waals surface area contributed by atoms with E-state index in [0.29, 0.717) is 6.54 Å². The van der Waals surface area contributed by atoms with Crippen molar-refractivity contribution in [2.45, 2.75) is 45.8 Å². The standard InChI is InChI=1S/C21H33N3O3.HI/c1-4-22-21(23-12-9-17-10-13-26-14-11-17)24-15-20(25)18-5-7-19(8-6-18)27-16(2)3;/h5-8,10,16,20,25H,4,9,11-15H2,1-3H3,(H2,22,23,24);1H. The molecule has 0 amide bonds. The van der Waals surface area contributed by atoms with Crippen molar-refractivity contribution in [3.8, 4) is 5.75 Å². The molecule has 1 aliphatic heterocycles. The molecule has 1 atom stereocenters. The first kappa shape index (κ1) is 24.7. The predicted molar refractivity (Wildman–Crippen MR) is 125 cm³/mol. The molecule has 1 aliphatic rings. The Morgan fingerprint density at radius 1 is 1.25 bits per heavy atom. The summed E-state index contributed by atoms with van der Waals surface area (Å²) >= 11 is 0. The van der Waals surface area contributed by atoms with Gasteiger partial charge in [-0.15, -0.1) is 24.0 Å². The third-order valence-corrected chi connectivity index (χ3v) is 4.20. The monoisotopic (exact) mass is 503 g/mol. The van der Waals surface area contributed by atoms with Crippen molar-refractivity contribution in [1.29, 1.82) is 0 Å². The lowest BCUT2D eigenvalue weighted by molar-refractivity contribution is 0.153. The van der Waals surface area contributed by atoms with Crippen molar-refractivity contribution < 1.29 is 14.6 Å². The summed E-state index contributed by atoms with van der Waals surface area (Å²) < 4.78 is 11.0. The largest absolute Gasteiger partial charge is 0.491 e. The molecule has 1 aromatic rings. The van der Waals surface area contributed by atoms with Gasteiger partial charge in [-0.25, -0.2) is 0 Å². The zero-order chi connectivity index (χ0) is 19.5. The fraction of sp³-hybridized carbons (Fsp3) is 0.571. The SMILES string of the molecule is CCNC(=NCC(O)c1ccc(OC(C)C)cc1)NCCC1=CCOCC1.I. The van der Waals surface area contributed by atoms with Gasteiger partial charge in [0.1, 0.15) is 5.75 Å². The number of rotatable bonds is 9. The number of guanidine groups is 1. The van der Waals surface area contributed by atoms with Gasteiger partial charge in [-0.3, -0.25) is 4.99 Å². The second-order valence-electron chi connectivity index (χ2n) is 6.84. The molecule has 6 nitrogen and oxygen atoms in total. The van der Waals surface area contributed by atoms with Crippen LogP contribution in [0, 0.1) is 0 Å². The molecule has 1 unspecified atom stereocenters. The molecular formula is C21H34IN3O3. The summed E-state index contributed by atoms with van der Waals surface area (Å²) in [4.78, 5) is 4.51. The Bertz CT molecular complexity index is 618. The van der Waals surface area contributed by atoms with Gasteiger partial charge in [0, 0.05) is 13.1 Å². The normalized spacial score (nSPS) is 15.5. The fourth-order valence-electron chi connectivity index (χ4n) is 2.80. The molecule has 0 radical (unpaired) electrons. The molecule has 28 heavy (non-hydrogen) atoms. The Morgan fingerprint density at radius 3 is 2.61 bits per heavy atom. The number of nitrogens with zero attached hydrogens (tertiary/aromatic N) is 1. The molecular weight excluding hydrogens is 469 g/mol. The van der Waals surface area contributed by atoms with E-state index in [1.807, 2.05) is 45.0 Å². The summed E-state index contributed by atoms with van der Waals surface area (Å²) in [7, 11) is 0. The summed E-state index contributed by atoms with van der Waals surface area (Å²) in [5.74, 6) is 1.53. The second kappa shape index (κ2) is 13.8. The summed E-state index contributed by atoms with van der Waals surface area (Å²) in [6, 6.07) is 7.53. The van der Waals surface area contributed by atoms with E-state index >= 15 is 0 Å². The minimum absolute atomic E-state index is 0. The molecule has 0 fully saturated rings. The minimum Gasteiger partial charge on any atom is -0.491 e. The van der Waals surface area contributed by atoms with Gasteiger partial charge in [0.2, 0.25) is 0 Å². The fourth-order valence-corrected chi connectivity index (χ4v) is 2.80. The smallest absolute Gasteiger partial charge is 0.191 e. The maximum Gasteiger partial charge on any atom is 0.191 e. The van der Waals surface area contributed by atoms with Gasteiger partial charge in [-0.2, -0.15) is 0 Å². The summed E-state index contributed by atoms with van der Waals surface area (Å²) in [5.41, 5.74) is 2.26. The summed E-state index contributed by atoms with van der Waals surface area (Å²) in [5, 5.41) is 17.0. The number of aliphatic hydroxyl groups excluding tert-OH is 1. The van der Waals surface area contributed by atoms with E-state index in [-0.39, 0.29) is 30.1 Å². The molecule has 1 heterocycles. The van der Waals surface area contributed by atoms with Gasteiger partial charge in [-0.05, 0) is 51.3 Å². The van der Waals surface area contributed by atoms with Crippen LogP contribution in [0.15, 0.2) is 40.9 Å². The average molecular weight is 503 g/mol. The van der Waals surface area contributed by atoms with Gasteiger partial charge < -0.3 is 25.2 Å². The quantitative estimate of drug-likeness (QED) is 0.209. The number of hydrogen-bond acceptors (Lipinski definition) is 4. The zero-order valence-electron chi connectivity index (χ0n) is 17.1. The Labute approximate surface area is 185 Å². The van der Waals surface area contributed by atoms with Crippen molar-refractivity contribution in [3.63, 3.8) is 0 Å². The predicted octanol–water partition coefficient (Wildman–Crippen LogP) is 3.42. The number of ether oxygens (including phenoxy) is 2. The van der Waals surface area contributed by atoms with Crippen LogP contribution < -0.4 is 15.4 Å². The molecule has 0 saturated carbocycles. The molecule has 0 saturated heterocycles. The Balaban J connectivity index is 0.00000392. The molecule has 0 aromatic heterocycles. The Kier molecular flexibility index (Phi) is 12.2. The number of aliphatic hydroxyl groups is 1. The Hall–Kier alpha value is -1.32. The average Bonchev–Trinajstić information content (AvgIpc) is 2.67. The van der Waals surface area contributed by atoms with Gasteiger partial charge >= 0.3 is 0 Å². The first-order valence-electron chi connectivity index (χ1n) is 9.81. The van der Waals surface area contributed by atoms with E-state index in [9.17, 15) is 5.11 Å². The summed E-state index contributed by atoms with van der Waals surface area (Å²) in [6.07, 6.45) is 3.63. The van der Waals surface area contributed by atoms with E-state index < -0.39 is 6.10 Å². The van der Waals surface area contributed by atoms with Crippen molar-refractivity contribution in [2.75, 3.05) is 32.8 Å². The van der Waals surface area contributed by atoms with Crippen LogP contribution in [0.2, 0.25) is 0 Å². The van der Waals surface area contributed by atoms with Crippen LogP contribution in [-0.2, 0) is 4.74 Å². The second-order valence-corrected chi connectivity index (χ2v) is 6.84. The first-order valence-corrected chi connectivity index (χ1v) is 9.81. The van der Waals surface area contributed by atoms with Gasteiger partial charge in [0.25, 0.3) is 0 Å². The third-order valence-electron chi connectivity index (χ3n) is 4.20. The van der Waals surface area contributed by atoms with Crippen LogP contribution in [0.4, 0.5) is 0 Å². The third kappa shape index (κ3) is 9.25. The van der Waals surface area contributed by atoms with Crippen LogP contribution in [-0.4, -0.2) is 50.0 Å². The zero-order valence-corrected chi connectivity index (χ0v) is 19.4. The van der Waals surface area contributed by atoms with Crippen LogP contribution >= 0.6 is 24.0 Å². The van der Waals surface area contributed by atoms with Gasteiger partial charge in [0.05, 0.1) is 32.0 Å². The molecule has 0 aliphatic carbocycles. The number of aliphatic imine (C=N–C) groups is 1. The lowest BCUT2D eigenvalue weighted by atomic mass is 10.1. The van der Waals surface area contributed by atoms with Crippen LogP contribution in [0.5, 0.6) is 5.75 Å². The topological polar surface area (TPSA) is 75.1 Å². The van der Waals surface area contributed by atoms with E-state index in [1.54, 1.807) is 0 Å². The van der Waals surface area contributed by atoms with Crippen LogP contribution in [0.1, 0.15) is 45.3 Å². The molecule has 0 bridgehead atoms. The van der Waals surface area contributed by atoms with Crippen LogP contribution in [0.25, 0.3) is 0 Å². The number of nitrogens with one attached hydrogen (secondary N) is 2. The van der Waals surface area contributed by atoms with Crippen molar-refractivity contribution >= 4 is 29.9 Å². The van der Waals surface area contributed by atoms with Crippen molar-refractivity contribution in [3.05, 3.63) is 41.5 Å². The van der Waals surface area contributed by atoms with Crippen LogP contribution in [0.3, 0.4) is 0 Å². The number of hydrogen-bond donors (Lipinski definition) is 3. The number of benzene rings is 1. The lowest BCUT2D eigenvalue weighted by Crippen LogP contribution is -2.38. The molecule has 2 rings (SSSR count). The van der Waals surface area contributed by atoms with E-state index in [4.69, 9.17) is 9.47 Å². The highest BCUT2D eigenvalue weighted by molar-refractivity contribution is 14.0. The molecule has 0 spiro atoms. The van der Waals surface area contributed by atoms with Gasteiger partial charge in [-0.1, -0.05) is 23.8 Å². The maximum absolute atomic E-state index is 10.4. The van der Waals surface area contributed by atoms with E-state index in [1.165, 1.54) is 5.57 Å². The highest BCUT2D eigenvalue weighted by Crippen LogP contribution is 2.19. The molecule has 3 N–H and O–H groups in total. The number of halogens is 1. The summed E-state index contributed by atoms with van der Waals surface area (Å²) in [6.45, 7) is 9.44. The first-order chi connectivity index (χ1) is 13.1. The lowest BCUT2D eigenvalue weighted by Gasteiger charge is -2.16. The van der Waals surface area contributed by atoms with E-state index in [0.717, 1.165) is 56.4 Å². The molecule has 1 aromatic carbocycles.